The Morgan fingerprint density at radius 1 is 1.19 bits per heavy atom. The zero-order chi connectivity index (χ0) is 18.5. The summed E-state index contributed by atoms with van der Waals surface area (Å²) in [6.45, 7) is 9.88. The molecular formula is C20H27N3O3. The molecule has 0 spiro atoms. The summed E-state index contributed by atoms with van der Waals surface area (Å²) in [5, 5.41) is 0. The van der Waals surface area contributed by atoms with E-state index in [1.54, 1.807) is 11.0 Å². The number of aliphatic imine (C=N–C) groups is 1. The van der Waals surface area contributed by atoms with Crippen molar-refractivity contribution in [3.05, 3.63) is 35.6 Å². The van der Waals surface area contributed by atoms with Crippen LogP contribution in [0.25, 0.3) is 6.08 Å². The van der Waals surface area contributed by atoms with E-state index >= 15 is 0 Å². The van der Waals surface area contributed by atoms with E-state index in [1.165, 1.54) is 5.69 Å². The molecule has 2 saturated heterocycles. The van der Waals surface area contributed by atoms with Crippen LogP contribution in [0, 0.1) is 0 Å². The van der Waals surface area contributed by atoms with Crippen LogP contribution in [0.1, 0.15) is 32.8 Å². The first-order valence-electron chi connectivity index (χ1n) is 9.34. The summed E-state index contributed by atoms with van der Waals surface area (Å²) in [5.41, 5.74) is 2.11. The van der Waals surface area contributed by atoms with E-state index in [1.807, 2.05) is 26.0 Å². The summed E-state index contributed by atoms with van der Waals surface area (Å²) in [4.78, 5) is 21.0. The molecule has 0 aliphatic carbocycles. The zero-order valence-corrected chi connectivity index (χ0v) is 15.8. The van der Waals surface area contributed by atoms with Gasteiger partial charge in [0.2, 0.25) is 0 Å². The fourth-order valence-corrected chi connectivity index (χ4v) is 2.92. The maximum Gasteiger partial charge on any atom is 0.300 e. The largest absolute Gasteiger partial charge is 0.420 e. The second kappa shape index (κ2) is 8.36. The molecule has 1 aromatic rings. The van der Waals surface area contributed by atoms with Crippen LogP contribution >= 0.6 is 0 Å². The lowest BCUT2D eigenvalue weighted by Gasteiger charge is -2.28. The number of likely N-dealkylation sites (N-methyl/N-ethyl adjacent to an activating group) is 1. The molecule has 6 heteroatoms. The number of carbonyl (C=O) groups is 1. The Balaban J connectivity index is 1.76. The summed E-state index contributed by atoms with van der Waals surface area (Å²) in [6, 6.07) is 8.69. The van der Waals surface area contributed by atoms with Gasteiger partial charge >= 0.3 is 6.02 Å². The molecule has 6 nitrogen and oxygen atoms in total. The number of hydrogen-bond donors (Lipinski definition) is 0. The number of carbonyl (C=O) groups excluding carboxylic acids is 1. The molecule has 140 valence electrons. The van der Waals surface area contributed by atoms with Gasteiger partial charge in [0, 0.05) is 25.3 Å². The predicted octanol–water partition coefficient (Wildman–Crippen LogP) is 2.90. The van der Waals surface area contributed by atoms with Crippen molar-refractivity contribution in [1.29, 1.82) is 0 Å². The van der Waals surface area contributed by atoms with Crippen LogP contribution in [0.2, 0.25) is 0 Å². The molecule has 0 N–H and O–H groups in total. The highest BCUT2D eigenvalue weighted by atomic mass is 16.5. The lowest BCUT2D eigenvalue weighted by Crippen LogP contribution is -2.36. The van der Waals surface area contributed by atoms with Crippen LogP contribution in [0.15, 0.2) is 35.0 Å². The van der Waals surface area contributed by atoms with Gasteiger partial charge in [-0.25, -0.2) is 4.99 Å². The van der Waals surface area contributed by atoms with Crippen molar-refractivity contribution in [2.75, 3.05) is 37.7 Å². The first-order chi connectivity index (χ1) is 12.6. The Morgan fingerprint density at radius 3 is 2.50 bits per heavy atom. The molecule has 1 aromatic carbocycles. The number of anilines is 1. The molecule has 1 amide bonds. The molecule has 2 aliphatic rings. The average Bonchev–Trinajstić information content (AvgIpc) is 2.97. The molecular weight excluding hydrogens is 330 g/mol. The number of ether oxygens (including phenoxy) is 2. The fourth-order valence-electron chi connectivity index (χ4n) is 2.92. The van der Waals surface area contributed by atoms with E-state index < -0.39 is 0 Å². The van der Waals surface area contributed by atoms with Crippen molar-refractivity contribution in [3.63, 3.8) is 0 Å². The van der Waals surface area contributed by atoms with Crippen molar-refractivity contribution in [2.24, 2.45) is 4.99 Å². The van der Waals surface area contributed by atoms with E-state index in [-0.39, 0.29) is 11.9 Å². The first kappa shape index (κ1) is 18.5. The second-order valence-electron chi connectivity index (χ2n) is 6.52. The normalized spacial score (nSPS) is 22.2. The van der Waals surface area contributed by atoms with Gasteiger partial charge in [0.05, 0.1) is 19.3 Å². The molecule has 0 radical (unpaired) electrons. The number of hydrogen-bond acceptors (Lipinski definition) is 5. The molecule has 3 rings (SSSR count). The first-order valence-corrected chi connectivity index (χ1v) is 9.34. The number of morpholine rings is 1. The number of benzene rings is 1. The summed E-state index contributed by atoms with van der Waals surface area (Å²) >= 11 is 0. The summed E-state index contributed by atoms with van der Waals surface area (Å²) < 4.78 is 11.2. The Bertz CT molecular complexity index is 691. The lowest BCUT2D eigenvalue weighted by atomic mass is 10.1. The third-order valence-corrected chi connectivity index (χ3v) is 4.69. The Morgan fingerprint density at radius 2 is 1.88 bits per heavy atom. The maximum absolute atomic E-state index is 12.6. The summed E-state index contributed by atoms with van der Waals surface area (Å²) in [7, 11) is 0. The molecule has 1 unspecified atom stereocenters. The number of rotatable bonds is 5. The third kappa shape index (κ3) is 4.07. The molecule has 2 aliphatic heterocycles. The van der Waals surface area contributed by atoms with Crippen molar-refractivity contribution in [2.45, 2.75) is 33.2 Å². The zero-order valence-electron chi connectivity index (χ0n) is 15.8. The minimum absolute atomic E-state index is 0.124. The average molecular weight is 357 g/mol. The lowest BCUT2D eigenvalue weighted by molar-refractivity contribution is -0.122. The number of nitrogens with zero attached hydrogens (tertiary/aromatic N) is 3. The Kier molecular flexibility index (Phi) is 5.93. The molecule has 0 aromatic heterocycles. The van der Waals surface area contributed by atoms with Crippen molar-refractivity contribution in [1.82, 2.24) is 4.90 Å². The Labute approximate surface area is 155 Å². The highest BCUT2D eigenvalue weighted by molar-refractivity contribution is 6.11. The van der Waals surface area contributed by atoms with Gasteiger partial charge in [-0.15, -0.1) is 0 Å². The van der Waals surface area contributed by atoms with Gasteiger partial charge in [0.15, 0.2) is 5.76 Å². The maximum atomic E-state index is 12.6. The van der Waals surface area contributed by atoms with Gasteiger partial charge in [-0.2, -0.15) is 0 Å². The van der Waals surface area contributed by atoms with E-state index in [2.05, 4.69) is 28.9 Å². The van der Waals surface area contributed by atoms with Crippen LogP contribution in [0.4, 0.5) is 5.69 Å². The quantitative estimate of drug-likeness (QED) is 0.761. The molecule has 1 atom stereocenters. The van der Waals surface area contributed by atoms with Crippen LogP contribution in [0.3, 0.4) is 0 Å². The van der Waals surface area contributed by atoms with Crippen molar-refractivity contribution in [3.8, 4) is 0 Å². The van der Waals surface area contributed by atoms with Crippen LogP contribution in [-0.2, 0) is 14.3 Å². The van der Waals surface area contributed by atoms with E-state index in [0.717, 1.165) is 38.3 Å². The van der Waals surface area contributed by atoms with Gasteiger partial charge < -0.3 is 14.4 Å². The van der Waals surface area contributed by atoms with E-state index in [9.17, 15) is 4.79 Å². The van der Waals surface area contributed by atoms with Gasteiger partial charge in [0.1, 0.15) is 0 Å². The van der Waals surface area contributed by atoms with Crippen LogP contribution < -0.4 is 4.90 Å². The molecule has 2 fully saturated rings. The highest BCUT2D eigenvalue weighted by Crippen LogP contribution is 2.22. The smallest absolute Gasteiger partial charge is 0.300 e. The SMILES string of the molecule is CCC(C)/N=C1/O/C(=C/c2ccc(N3CCOCC3)cc2)C(=O)N1CC. The molecule has 0 saturated carbocycles. The highest BCUT2D eigenvalue weighted by Gasteiger charge is 2.33. The minimum Gasteiger partial charge on any atom is -0.420 e. The fraction of sp³-hybridized carbons (Fsp3) is 0.500. The topological polar surface area (TPSA) is 54.4 Å². The van der Waals surface area contributed by atoms with Gasteiger partial charge in [-0.1, -0.05) is 19.1 Å². The second-order valence-corrected chi connectivity index (χ2v) is 6.52. The van der Waals surface area contributed by atoms with Crippen molar-refractivity contribution >= 4 is 23.7 Å². The van der Waals surface area contributed by atoms with Crippen molar-refractivity contribution < 1.29 is 14.3 Å². The van der Waals surface area contributed by atoms with Crippen LogP contribution in [0.5, 0.6) is 0 Å². The van der Waals surface area contributed by atoms with E-state index in [4.69, 9.17) is 9.47 Å². The molecule has 0 bridgehead atoms. The minimum atomic E-state index is -0.133. The van der Waals surface area contributed by atoms with Gasteiger partial charge in [-0.05, 0) is 44.0 Å². The summed E-state index contributed by atoms with van der Waals surface area (Å²) in [6.07, 6.45) is 2.69. The number of amidine groups is 1. The van der Waals surface area contributed by atoms with E-state index in [0.29, 0.717) is 18.3 Å². The Hall–Kier alpha value is -2.34. The molecule has 2 heterocycles. The monoisotopic (exact) mass is 357 g/mol. The third-order valence-electron chi connectivity index (χ3n) is 4.69. The van der Waals surface area contributed by atoms with Crippen LogP contribution in [-0.4, -0.2) is 55.7 Å². The van der Waals surface area contributed by atoms with Gasteiger partial charge in [0.25, 0.3) is 5.91 Å². The molecule has 26 heavy (non-hydrogen) atoms. The standard InChI is InChI=1S/C20H27N3O3/c1-4-15(3)21-20-23(5-2)19(24)18(26-20)14-16-6-8-17(9-7-16)22-10-12-25-13-11-22/h6-9,14-15H,4-5,10-13H2,1-3H3/b18-14+,21-20+. The predicted molar refractivity (Wildman–Crippen MR) is 103 cm³/mol. The van der Waals surface area contributed by atoms with Gasteiger partial charge in [-0.3, -0.25) is 9.69 Å². The summed E-state index contributed by atoms with van der Waals surface area (Å²) in [5.74, 6) is 0.194. The number of amides is 1.